The third-order valence-electron chi connectivity index (χ3n) is 5.46. The molecule has 2 aliphatic heterocycles. The molecular formula is C23H19N3O5S. The molecule has 0 unspecified atom stereocenters. The smallest absolute Gasteiger partial charge is 0.340 e. The van der Waals surface area contributed by atoms with Crippen molar-refractivity contribution in [2.45, 2.75) is 5.60 Å². The molecule has 2 aliphatic rings. The molecule has 0 saturated carbocycles. The lowest BCUT2D eigenvalue weighted by Crippen LogP contribution is -2.33. The van der Waals surface area contributed by atoms with E-state index < -0.39 is 11.6 Å². The molecule has 0 aromatic heterocycles. The van der Waals surface area contributed by atoms with Gasteiger partial charge in [0, 0.05) is 47.6 Å². The molecule has 9 heteroatoms. The number of carbonyl (C=O) groups is 1. The maximum Gasteiger partial charge on any atom is 0.340 e. The molecule has 32 heavy (non-hydrogen) atoms. The predicted molar refractivity (Wildman–Crippen MR) is 121 cm³/mol. The van der Waals surface area contributed by atoms with Gasteiger partial charge >= 0.3 is 5.97 Å². The van der Waals surface area contributed by atoms with E-state index in [1.54, 1.807) is 30.3 Å². The number of benzene rings is 3. The molecule has 2 heterocycles. The van der Waals surface area contributed by atoms with Crippen LogP contribution in [0.15, 0.2) is 54.6 Å². The lowest BCUT2D eigenvalue weighted by Gasteiger charge is -2.36. The number of esters is 1. The molecule has 0 bridgehead atoms. The molecule has 6 N–H and O–H groups in total. The fourth-order valence-corrected chi connectivity index (χ4v) is 4.36. The molecule has 0 fully saturated rings. The summed E-state index contributed by atoms with van der Waals surface area (Å²) in [4.78, 5) is 13.0. The maximum absolute atomic E-state index is 13.0. The Labute approximate surface area is 188 Å². The number of fused-ring (bicyclic) bond motifs is 6. The Morgan fingerprint density at radius 1 is 0.969 bits per heavy atom. The van der Waals surface area contributed by atoms with Crippen molar-refractivity contribution in [1.82, 2.24) is 5.32 Å². The summed E-state index contributed by atoms with van der Waals surface area (Å²) in [6.45, 7) is 0.960. The van der Waals surface area contributed by atoms with Crippen LogP contribution in [0.25, 0.3) is 0 Å². The van der Waals surface area contributed by atoms with Crippen molar-refractivity contribution in [3.05, 3.63) is 76.9 Å². The van der Waals surface area contributed by atoms with Gasteiger partial charge in [-0.1, -0.05) is 6.07 Å². The SMILES string of the molecule is NCCNC(=S)Nc1ccc2c(c1)C(=O)OC21c2ccc(O)cc2Oc2cc(O)ccc21. The number of rotatable bonds is 3. The van der Waals surface area contributed by atoms with Gasteiger partial charge in [0.15, 0.2) is 10.7 Å². The van der Waals surface area contributed by atoms with Crippen molar-refractivity contribution in [2.24, 2.45) is 5.73 Å². The van der Waals surface area contributed by atoms with Gasteiger partial charge in [0.1, 0.15) is 23.0 Å². The second-order valence-corrected chi connectivity index (χ2v) is 7.87. The molecule has 0 radical (unpaired) electrons. The minimum absolute atomic E-state index is 0.00471. The van der Waals surface area contributed by atoms with Crippen LogP contribution in [0.2, 0.25) is 0 Å². The Bertz CT molecular complexity index is 1220. The van der Waals surface area contributed by atoms with E-state index in [-0.39, 0.29) is 11.5 Å². The summed E-state index contributed by atoms with van der Waals surface area (Å²) in [5.74, 6) is 0.163. The largest absolute Gasteiger partial charge is 0.508 e. The fourth-order valence-electron chi connectivity index (χ4n) is 4.14. The number of phenolic OH excluding ortho intramolecular Hbond substituents is 2. The van der Waals surface area contributed by atoms with E-state index in [1.807, 2.05) is 0 Å². The van der Waals surface area contributed by atoms with Crippen LogP contribution in [-0.4, -0.2) is 34.4 Å². The van der Waals surface area contributed by atoms with E-state index in [2.05, 4.69) is 10.6 Å². The molecule has 162 valence electrons. The molecular weight excluding hydrogens is 430 g/mol. The number of hydrogen-bond acceptors (Lipinski definition) is 7. The van der Waals surface area contributed by atoms with Crippen LogP contribution in [0.4, 0.5) is 5.69 Å². The Hall–Kier alpha value is -3.82. The monoisotopic (exact) mass is 449 g/mol. The predicted octanol–water partition coefficient (Wildman–Crippen LogP) is 2.91. The number of anilines is 1. The van der Waals surface area contributed by atoms with Crippen molar-refractivity contribution in [3.8, 4) is 23.0 Å². The average Bonchev–Trinajstić information content (AvgIpc) is 3.04. The number of nitrogens with one attached hydrogen (secondary N) is 2. The molecule has 8 nitrogen and oxygen atoms in total. The zero-order valence-corrected chi connectivity index (χ0v) is 17.5. The highest BCUT2D eigenvalue weighted by Crippen LogP contribution is 2.57. The lowest BCUT2D eigenvalue weighted by molar-refractivity contribution is 0.0224. The highest BCUT2D eigenvalue weighted by atomic mass is 32.1. The quantitative estimate of drug-likeness (QED) is 0.303. The average molecular weight is 449 g/mol. The number of aromatic hydroxyl groups is 2. The summed E-state index contributed by atoms with van der Waals surface area (Å²) in [7, 11) is 0. The van der Waals surface area contributed by atoms with Crippen molar-refractivity contribution in [3.63, 3.8) is 0 Å². The lowest BCUT2D eigenvalue weighted by atomic mass is 9.77. The summed E-state index contributed by atoms with van der Waals surface area (Å²) in [6, 6.07) is 14.5. The zero-order valence-electron chi connectivity index (χ0n) is 16.7. The van der Waals surface area contributed by atoms with Crippen LogP contribution in [0.1, 0.15) is 27.0 Å². The van der Waals surface area contributed by atoms with Gasteiger partial charge in [-0.25, -0.2) is 4.79 Å². The number of nitrogens with two attached hydrogens (primary N) is 1. The van der Waals surface area contributed by atoms with E-state index in [9.17, 15) is 15.0 Å². The van der Waals surface area contributed by atoms with E-state index in [4.69, 9.17) is 27.4 Å². The second-order valence-electron chi connectivity index (χ2n) is 7.46. The van der Waals surface area contributed by atoms with Gasteiger partial charge in [-0.05, 0) is 48.6 Å². The third kappa shape index (κ3) is 3.02. The first-order valence-electron chi connectivity index (χ1n) is 9.90. The third-order valence-corrected chi connectivity index (χ3v) is 5.71. The van der Waals surface area contributed by atoms with Crippen LogP contribution < -0.4 is 21.1 Å². The Morgan fingerprint density at radius 2 is 1.59 bits per heavy atom. The minimum Gasteiger partial charge on any atom is -0.508 e. The first-order chi connectivity index (χ1) is 15.4. The molecule has 0 saturated heterocycles. The highest BCUT2D eigenvalue weighted by Gasteiger charge is 2.53. The van der Waals surface area contributed by atoms with E-state index in [0.29, 0.717) is 57.6 Å². The molecule has 1 spiro atoms. The summed E-state index contributed by atoms with van der Waals surface area (Å²) >= 11 is 5.25. The van der Waals surface area contributed by atoms with Crippen molar-refractivity contribution >= 4 is 29.0 Å². The van der Waals surface area contributed by atoms with Crippen LogP contribution in [-0.2, 0) is 10.3 Å². The van der Waals surface area contributed by atoms with Gasteiger partial charge in [-0.15, -0.1) is 0 Å². The van der Waals surface area contributed by atoms with Crippen LogP contribution in [0.5, 0.6) is 23.0 Å². The maximum atomic E-state index is 13.0. The first kappa shape index (κ1) is 20.1. The van der Waals surface area contributed by atoms with Crippen molar-refractivity contribution in [2.75, 3.05) is 18.4 Å². The van der Waals surface area contributed by atoms with Gasteiger partial charge in [0.05, 0.1) is 5.56 Å². The molecule has 0 amide bonds. The van der Waals surface area contributed by atoms with Crippen LogP contribution in [0.3, 0.4) is 0 Å². The number of phenols is 2. The summed E-state index contributed by atoms with van der Waals surface area (Å²) in [6.07, 6.45) is 0. The molecule has 0 atom stereocenters. The second kappa shape index (κ2) is 7.40. The standard InChI is InChI=1S/C23H19N3O5S/c24-7-8-25-22(32)26-12-1-4-16-15(9-12)21(29)31-23(16)17-5-2-13(27)10-19(17)30-20-11-14(28)3-6-18(20)23/h1-6,9-11,27-28H,7-8,24H2,(H2,25,26,32). The summed E-state index contributed by atoms with van der Waals surface area (Å²) in [5, 5.41) is 26.4. The number of hydrogen-bond donors (Lipinski definition) is 5. The zero-order chi connectivity index (χ0) is 22.5. The van der Waals surface area contributed by atoms with Gasteiger partial charge in [0.2, 0.25) is 0 Å². The number of ether oxygens (including phenoxy) is 2. The normalized spacial score (nSPS) is 14.6. The minimum atomic E-state index is -1.28. The topological polar surface area (TPSA) is 126 Å². The van der Waals surface area contributed by atoms with Crippen LogP contribution >= 0.6 is 12.2 Å². The Balaban J connectivity index is 1.66. The Morgan fingerprint density at radius 3 is 2.22 bits per heavy atom. The highest BCUT2D eigenvalue weighted by molar-refractivity contribution is 7.80. The van der Waals surface area contributed by atoms with Gasteiger partial charge < -0.3 is 36.1 Å². The van der Waals surface area contributed by atoms with Crippen molar-refractivity contribution in [1.29, 1.82) is 0 Å². The van der Waals surface area contributed by atoms with Crippen LogP contribution in [0, 0.1) is 0 Å². The number of thiocarbonyl (C=S) groups is 1. The first-order valence-corrected chi connectivity index (χ1v) is 10.3. The van der Waals surface area contributed by atoms with E-state index in [0.717, 1.165) is 0 Å². The molecule has 0 aliphatic carbocycles. The molecule has 5 rings (SSSR count). The van der Waals surface area contributed by atoms with Gasteiger partial charge in [-0.2, -0.15) is 0 Å². The molecule has 3 aromatic carbocycles. The molecule has 3 aromatic rings. The van der Waals surface area contributed by atoms with E-state index >= 15 is 0 Å². The van der Waals surface area contributed by atoms with E-state index in [1.165, 1.54) is 24.3 Å². The Kier molecular flexibility index (Phi) is 4.65. The van der Waals surface area contributed by atoms with Gasteiger partial charge in [0.25, 0.3) is 0 Å². The van der Waals surface area contributed by atoms with Crippen molar-refractivity contribution < 1.29 is 24.5 Å². The van der Waals surface area contributed by atoms with Gasteiger partial charge in [-0.3, -0.25) is 0 Å². The number of carbonyl (C=O) groups excluding carboxylic acids is 1. The summed E-state index contributed by atoms with van der Waals surface area (Å²) in [5.41, 5.74) is 6.96. The summed E-state index contributed by atoms with van der Waals surface area (Å²) < 4.78 is 12.0. The fraction of sp³-hybridized carbons (Fsp3) is 0.130.